The maximum Gasteiger partial charge on any atom is 0.182 e. The summed E-state index contributed by atoms with van der Waals surface area (Å²) in [5.41, 5.74) is 18.7. The summed E-state index contributed by atoms with van der Waals surface area (Å²) in [7, 11) is 0. The third-order valence-corrected chi connectivity index (χ3v) is 3.47. The van der Waals surface area contributed by atoms with E-state index < -0.39 is 5.41 Å². The van der Waals surface area contributed by atoms with E-state index in [1.165, 1.54) is 12.2 Å². The Kier molecular flexibility index (Phi) is 2.59. The lowest BCUT2D eigenvalue weighted by molar-refractivity contribution is -0.110. The molecule has 2 aliphatic carbocycles. The van der Waals surface area contributed by atoms with Crippen LogP contribution in [-0.2, 0) is 9.63 Å². The van der Waals surface area contributed by atoms with Gasteiger partial charge in [-0.25, -0.2) is 0 Å². The van der Waals surface area contributed by atoms with Crippen molar-refractivity contribution in [2.45, 2.75) is 19.3 Å². The zero-order chi connectivity index (χ0) is 12.6. The van der Waals surface area contributed by atoms with Crippen molar-refractivity contribution in [3.05, 3.63) is 35.0 Å². The molecule has 2 aliphatic rings. The van der Waals surface area contributed by atoms with Crippen LogP contribution in [0.1, 0.15) is 19.3 Å². The number of ketones is 1. The van der Waals surface area contributed by atoms with Crippen LogP contribution >= 0.6 is 0 Å². The summed E-state index contributed by atoms with van der Waals surface area (Å²) in [6, 6.07) is 0. The molecule has 0 saturated carbocycles. The van der Waals surface area contributed by atoms with Crippen molar-refractivity contribution in [1.82, 2.24) is 0 Å². The molecule has 0 saturated heterocycles. The van der Waals surface area contributed by atoms with Crippen LogP contribution in [0.15, 0.2) is 35.0 Å². The largest absolute Gasteiger partial charge is 0.414 e. The molecule has 0 aromatic heterocycles. The van der Waals surface area contributed by atoms with Gasteiger partial charge in [-0.3, -0.25) is 4.79 Å². The van der Waals surface area contributed by atoms with E-state index in [1.807, 2.05) is 0 Å². The lowest BCUT2D eigenvalue weighted by Crippen LogP contribution is -2.41. The standard InChI is InChI=1S/C11H16N4O2/c12-7-5-11(2-1-8(7)17-15)9(13)3-6(16)4-10(11)14/h3-4H,1-2,5,12-15H2. The first-order valence-corrected chi connectivity index (χ1v) is 5.33. The molecule has 1 spiro atoms. The quantitative estimate of drug-likeness (QED) is 0.453. The van der Waals surface area contributed by atoms with Crippen LogP contribution in [0.5, 0.6) is 0 Å². The van der Waals surface area contributed by atoms with E-state index in [1.54, 1.807) is 0 Å². The molecule has 6 heteroatoms. The zero-order valence-corrected chi connectivity index (χ0v) is 9.40. The van der Waals surface area contributed by atoms with Crippen molar-refractivity contribution in [3.63, 3.8) is 0 Å². The van der Waals surface area contributed by atoms with E-state index in [2.05, 4.69) is 0 Å². The van der Waals surface area contributed by atoms with Crippen molar-refractivity contribution < 1.29 is 9.63 Å². The van der Waals surface area contributed by atoms with E-state index in [-0.39, 0.29) is 5.78 Å². The van der Waals surface area contributed by atoms with Gasteiger partial charge < -0.3 is 22.0 Å². The Hall–Kier alpha value is -1.95. The molecule has 0 bridgehead atoms. The van der Waals surface area contributed by atoms with Gasteiger partial charge in [0.25, 0.3) is 0 Å². The number of allylic oxidation sites excluding steroid dienone is 4. The Morgan fingerprint density at radius 1 is 1.18 bits per heavy atom. The van der Waals surface area contributed by atoms with Gasteiger partial charge in [0.1, 0.15) is 5.76 Å². The highest BCUT2D eigenvalue weighted by molar-refractivity contribution is 6.01. The molecule has 0 radical (unpaired) electrons. The first-order valence-electron chi connectivity index (χ1n) is 5.33. The molecule has 0 fully saturated rings. The van der Waals surface area contributed by atoms with Gasteiger partial charge in [-0.15, -0.1) is 0 Å². The summed E-state index contributed by atoms with van der Waals surface area (Å²) in [4.78, 5) is 16.0. The molecule has 0 aliphatic heterocycles. The van der Waals surface area contributed by atoms with Gasteiger partial charge in [0.2, 0.25) is 0 Å². The predicted molar refractivity (Wildman–Crippen MR) is 62.3 cm³/mol. The molecule has 0 unspecified atom stereocenters. The summed E-state index contributed by atoms with van der Waals surface area (Å²) in [6.45, 7) is 0. The molecule has 0 heterocycles. The minimum Gasteiger partial charge on any atom is -0.414 e. The van der Waals surface area contributed by atoms with Crippen LogP contribution < -0.4 is 23.1 Å². The number of nitrogens with two attached hydrogens (primary N) is 4. The molecule has 17 heavy (non-hydrogen) atoms. The lowest BCUT2D eigenvalue weighted by atomic mass is 9.68. The molecule has 0 atom stereocenters. The van der Waals surface area contributed by atoms with E-state index in [0.717, 1.165) is 0 Å². The first kappa shape index (κ1) is 11.5. The minimum absolute atomic E-state index is 0.186. The molecule has 8 N–H and O–H groups in total. The van der Waals surface area contributed by atoms with Crippen molar-refractivity contribution in [1.29, 1.82) is 0 Å². The summed E-state index contributed by atoms with van der Waals surface area (Å²) >= 11 is 0. The topological polar surface area (TPSA) is 130 Å². The van der Waals surface area contributed by atoms with Crippen molar-refractivity contribution in [3.8, 4) is 0 Å². The molecule has 2 rings (SSSR count). The Labute approximate surface area is 98.9 Å². The van der Waals surface area contributed by atoms with Gasteiger partial charge in [0.05, 0.1) is 11.1 Å². The molecular formula is C11H16N4O2. The highest BCUT2D eigenvalue weighted by Gasteiger charge is 2.42. The van der Waals surface area contributed by atoms with E-state index in [4.69, 9.17) is 27.9 Å². The Bertz CT molecular complexity index is 440. The van der Waals surface area contributed by atoms with Gasteiger partial charge in [-0.1, -0.05) is 0 Å². The second-order valence-corrected chi connectivity index (χ2v) is 4.43. The molecule has 0 aromatic rings. The van der Waals surface area contributed by atoms with E-state index in [0.29, 0.717) is 42.1 Å². The van der Waals surface area contributed by atoms with Crippen molar-refractivity contribution in [2.75, 3.05) is 0 Å². The van der Waals surface area contributed by atoms with Gasteiger partial charge in [0, 0.05) is 36.4 Å². The summed E-state index contributed by atoms with van der Waals surface area (Å²) < 4.78 is 0. The Balaban J connectivity index is 2.40. The maximum atomic E-state index is 11.3. The van der Waals surface area contributed by atoms with Crippen LogP contribution in [0.4, 0.5) is 0 Å². The zero-order valence-electron chi connectivity index (χ0n) is 9.40. The summed E-state index contributed by atoms with van der Waals surface area (Å²) in [6.07, 6.45) is 4.42. The van der Waals surface area contributed by atoms with Gasteiger partial charge in [-0.05, 0) is 6.42 Å². The lowest BCUT2D eigenvalue weighted by Gasteiger charge is -2.39. The SMILES string of the molecule is NOC1=C(N)CC2(CC1)C(N)=CC(=O)C=C2N. The van der Waals surface area contributed by atoms with E-state index >= 15 is 0 Å². The van der Waals surface area contributed by atoms with Gasteiger partial charge in [0.15, 0.2) is 5.78 Å². The average Bonchev–Trinajstić information content (AvgIpc) is 2.26. The molecular weight excluding hydrogens is 220 g/mol. The second kappa shape index (κ2) is 3.81. The van der Waals surface area contributed by atoms with Crippen LogP contribution in [0.25, 0.3) is 0 Å². The highest BCUT2D eigenvalue weighted by atomic mass is 16.6. The van der Waals surface area contributed by atoms with Crippen LogP contribution in [0, 0.1) is 5.41 Å². The van der Waals surface area contributed by atoms with Gasteiger partial charge in [-0.2, -0.15) is 5.90 Å². The maximum absolute atomic E-state index is 11.3. The number of carbonyl (C=O) groups excluding carboxylic acids is 1. The normalized spacial score (nSPS) is 23.5. The summed E-state index contributed by atoms with van der Waals surface area (Å²) in [5, 5.41) is 0. The van der Waals surface area contributed by atoms with Crippen LogP contribution in [0.2, 0.25) is 0 Å². The third kappa shape index (κ3) is 1.66. The fraction of sp³-hybridized carbons (Fsp3) is 0.364. The van der Waals surface area contributed by atoms with Crippen LogP contribution in [0.3, 0.4) is 0 Å². The number of carbonyl (C=O) groups is 1. The summed E-state index contributed by atoms with van der Waals surface area (Å²) in [5.74, 6) is 5.50. The predicted octanol–water partition coefficient (Wildman–Crippen LogP) is -0.515. The number of hydrogen-bond acceptors (Lipinski definition) is 6. The second-order valence-electron chi connectivity index (χ2n) is 4.43. The van der Waals surface area contributed by atoms with Crippen molar-refractivity contribution in [2.24, 2.45) is 28.5 Å². The fourth-order valence-electron chi connectivity index (χ4n) is 2.42. The van der Waals surface area contributed by atoms with Crippen molar-refractivity contribution >= 4 is 5.78 Å². The average molecular weight is 236 g/mol. The Morgan fingerprint density at radius 2 is 1.76 bits per heavy atom. The highest BCUT2D eigenvalue weighted by Crippen LogP contribution is 2.46. The fourth-order valence-corrected chi connectivity index (χ4v) is 2.42. The molecule has 92 valence electrons. The first-order chi connectivity index (χ1) is 7.99. The smallest absolute Gasteiger partial charge is 0.182 e. The monoisotopic (exact) mass is 236 g/mol. The number of rotatable bonds is 1. The third-order valence-electron chi connectivity index (χ3n) is 3.47. The molecule has 0 amide bonds. The van der Waals surface area contributed by atoms with Gasteiger partial charge >= 0.3 is 0 Å². The Morgan fingerprint density at radius 3 is 2.24 bits per heavy atom. The van der Waals surface area contributed by atoms with E-state index in [9.17, 15) is 4.79 Å². The number of hydrogen-bond donors (Lipinski definition) is 4. The minimum atomic E-state index is -0.556. The molecule has 6 nitrogen and oxygen atoms in total. The van der Waals surface area contributed by atoms with Crippen LogP contribution in [-0.4, -0.2) is 5.78 Å². The molecule has 0 aromatic carbocycles.